The predicted molar refractivity (Wildman–Crippen MR) is 138 cm³/mol. The van der Waals surface area contributed by atoms with E-state index in [1.54, 1.807) is 19.1 Å². The van der Waals surface area contributed by atoms with Gasteiger partial charge in [0.15, 0.2) is 5.78 Å². The normalized spacial score (nSPS) is 12.9. The summed E-state index contributed by atoms with van der Waals surface area (Å²) in [6.07, 6.45) is 1.95. The van der Waals surface area contributed by atoms with Crippen molar-refractivity contribution in [1.82, 2.24) is 10.2 Å². The smallest absolute Gasteiger partial charge is 0.244 e. The van der Waals surface area contributed by atoms with Crippen molar-refractivity contribution in [3.8, 4) is 0 Å². The van der Waals surface area contributed by atoms with E-state index in [1.807, 2.05) is 13.8 Å². The molecule has 0 heterocycles. The first-order valence-corrected chi connectivity index (χ1v) is 13.6. The minimum Gasteiger partial charge on any atom is -0.352 e. The Bertz CT molecular complexity index is 1180. The fourth-order valence-electron chi connectivity index (χ4n) is 3.64. The van der Waals surface area contributed by atoms with Gasteiger partial charge in [-0.1, -0.05) is 38.1 Å². The number of carbonyl (C=O) groups excluding carboxylic acids is 3. The van der Waals surface area contributed by atoms with E-state index in [0.29, 0.717) is 17.5 Å². The van der Waals surface area contributed by atoms with Crippen molar-refractivity contribution in [2.45, 2.75) is 59.2 Å². The maximum atomic E-state index is 13.6. The van der Waals surface area contributed by atoms with Gasteiger partial charge in [-0.2, -0.15) is 0 Å². The SMILES string of the molecule is CCC(C)NC(=O)C(CC)N(Cc1ccc(F)cc1)C(=O)CN(c1cccc(C(C)=O)c1)S(C)(=O)=O. The van der Waals surface area contributed by atoms with Gasteiger partial charge in [0, 0.05) is 18.2 Å². The first-order valence-electron chi connectivity index (χ1n) is 11.8. The Morgan fingerprint density at radius 2 is 1.67 bits per heavy atom. The van der Waals surface area contributed by atoms with Gasteiger partial charge in [0.05, 0.1) is 11.9 Å². The molecule has 0 aliphatic heterocycles. The van der Waals surface area contributed by atoms with Crippen molar-refractivity contribution in [3.63, 3.8) is 0 Å². The third-order valence-electron chi connectivity index (χ3n) is 5.87. The molecule has 0 fully saturated rings. The summed E-state index contributed by atoms with van der Waals surface area (Å²) < 4.78 is 39.7. The lowest BCUT2D eigenvalue weighted by molar-refractivity contribution is -0.140. The fraction of sp³-hybridized carbons (Fsp3) is 0.423. The monoisotopic (exact) mass is 519 g/mol. The molecule has 2 rings (SSSR count). The first-order chi connectivity index (χ1) is 16.9. The molecule has 2 aromatic rings. The molecule has 2 aromatic carbocycles. The van der Waals surface area contributed by atoms with Crippen molar-refractivity contribution in [3.05, 3.63) is 65.5 Å². The Morgan fingerprint density at radius 3 is 2.19 bits per heavy atom. The molecule has 0 saturated carbocycles. The number of ketones is 1. The average Bonchev–Trinajstić information content (AvgIpc) is 2.82. The molecule has 2 atom stereocenters. The topological polar surface area (TPSA) is 104 Å². The minimum atomic E-state index is -3.92. The summed E-state index contributed by atoms with van der Waals surface area (Å²) in [5.41, 5.74) is 1.05. The van der Waals surface area contributed by atoms with E-state index in [0.717, 1.165) is 10.6 Å². The van der Waals surface area contributed by atoms with Crippen molar-refractivity contribution >= 4 is 33.3 Å². The van der Waals surface area contributed by atoms with E-state index in [2.05, 4.69) is 5.32 Å². The van der Waals surface area contributed by atoms with Crippen LogP contribution in [0.15, 0.2) is 48.5 Å². The summed E-state index contributed by atoms with van der Waals surface area (Å²) in [7, 11) is -3.92. The molecule has 0 aromatic heterocycles. The van der Waals surface area contributed by atoms with E-state index in [-0.39, 0.29) is 36.4 Å². The van der Waals surface area contributed by atoms with Crippen LogP contribution in [0.1, 0.15) is 56.5 Å². The molecule has 0 bridgehead atoms. The van der Waals surface area contributed by atoms with Crippen LogP contribution in [0.5, 0.6) is 0 Å². The number of anilines is 1. The first kappa shape index (κ1) is 29.0. The highest BCUT2D eigenvalue weighted by atomic mass is 32.2. The van der Waals surface area contributed by atoms with Crippen LogP contribution in [0.25, 0.3) is 0 Å². The Hall–Kier alpha value is -3.27. The summed E-state index contributed by atoms with van der Waals surface area (Å²) >= 11 is 0. The molecule has 2 unspecified atom stereocenters. The van der Waals surface area contributed by atoms with Crippen LogP contribution in [0, 0.1) is 5.82 Å². The van der Waals surface area contributed by atoms with Gasteiger partial charge in [0.2, 0.25) is 21.8 Å². The highest BCUT2D eigenvalue weighted by Crippen LogP contribution is 2.21. The number of sulfonamides is 1. The number of halogens is 1. The summed E-state index contributed by atoms with van der Waals surface area (Å²) in [5.74, 6) is -1.65. The zero-order valence-electron chi connectivity index (χ0n) is 21.3. The van der Waals surface area contributed by atoms with E-state index >= 15 is 0 Å². The molecule has 0 saturated heterocycles. The second kappa shape index (κ2) is 12.6. The Balaban J connectivity index is 2.47. The van der Waals surface area contributed by atoms with E-state index in [4.69, 9.17) is 0 Å². The van der Waals surface area contributed by atoms with Gasteiger partial charge < -0.3 is 10.2 Å². The lowest BCUT2D eigenvalue weighted by Crippen LogP contribution is -2.53. The maximum absolute atomic E-state index is 13.6. The number of carbonyl (C=O) groups is 3. The summed E-state index contributed by atoms with van der Waals surface area (Å²) in [6.45, 7) is 6.31. The zero-order chi connectivity index (χ0) is 27.0. The number of benzene rings is 2. The van der Waals surface area contributed by atoms with Gasteiger partial charge in [-0.05, 0) is 56.5 Å². The van der Waals surface area contributed by atoms with Crippen LogP contribution < -0.4 is 9.62 Å². The van der Waals surface area contributed by atoms with Crippen molar-refractivity contribution in [2.75, 3.05) is 17.1 Å². The Kier molecular flexibility index (Phi) is 10.2. The van der Waals surface area contributed by atoms with Crippen LogP contribution >= 0.6 is 0 Å². The molecule has 0 aliphatic carbocycles. The molecule has 196 valence electrons. The number of hydrogen-bond donors (Lipinski definition) is 1. The summed E-state index contributed by atoms with van der Waals surface area (Å²) in [6, 6.07) is 10.6. The highest BCUT2D eigenvalue weighted by Gasteiger charge is 2.32. The fourth-order valence-corrected chi connectivity index (χ4v) is 4.48. The minimum absolute atomic E-state index is 0.0172. The van der Waals surface area contributed by atoms with Gasteiger partial charge in [0.25, 0.3) is 0 Å². The van der Waals surface area contributed by atoms with Gasteiger partial charge in [-0.3, -0.25) is 18.7 Å². The molecule has 2 amide bonds. The molecule has 0 spiro atoms. The molecule has 0 radical (unpaired) electrons. The molecule has 10 heteroatoms. The molecule has 36 heavy (non-hydrogen) atoms. The van der Waals surface area contributed by atoms with E-state index in [9.17, 15) is 27.2 Å². The molecular formula is C26H34FN3O5S. The van der Waals surface area contributed by atoms with Crippen LogP contribution in [0.3, 0.4) is 0 Å². The van der Waals surface area contributed by atoms with Gasteiger partial charge in [-0.25, -0.2) is 12.8 Å². The summed E-state index contributed by atoms with van der Waals surface area (Å²) in [4.78, 5) is 39.8. The molecule has 1 N–H and O–H groups in total. The van der Waals surface area contributed by atoms with E-state index < -0.39 is 34.3 Å². The number of hydrogen-bond acceptors (Lipinski definition) is 5. The molecular weight excluding hydrogens is 485 g/mol. The van der Waals surface area contributed by atoms with E-state index in [1.165, 1.54) is 48.2 Å². The van der Waals surface area contributed by atoms with Crippen LogP contribution in [-0.2, 0) is 26.2 Å². The van der Waals surface area contributed by atoms with Crippen molar-refractivity contribution < 1.29 is 27.2 Å². The number of rotatable bonds is 12. The second-order valence-corrected chi connectivity index (χ2v) is 10.7. The number of Topliss-reactive ketones (excluding diaryl/α,β-unsaturated/α-hetero) is 1. The largest absolute Gasteiger partial charge is 0.352 e. The van der Waals surface area contributed by atoms with Gasteiger partial charge >= 0.3 is 0 Å². The number of amides is 2. The Labute approximate surface area is 212 Å². The maximum Gasteiger partial charge on any atom is 0.244 e. The second-order valence-electron chi connectivity index (χ2n) is 8.77. The Morgan fingerprint density at radius 1 is 1.03 bits per heavy atom. The third-order valence-corrected chi connectivity index (χ3v) is 7.01. The third kappa shape index (κ3) is 7.87. The van der Waals surface area contributed by atoms with Gasteiger partial charge in [0.1, 0.15) is 18.4 Å². The lowest BCUT2D eigenvalue weighted by atomic mass is 10.1. The average molecular weight is 520 g/mol. The predicted octanol–water partition coefficient (Wildman–Crippen LogP) is 3.52. The van der Waals surface area contributed by atoms with Crippen LogP contribution in [0.4, 0.5) is 10.1 Å². The van der Waals surface area contributed by atoms with Crippen LogP contribution in [0.2, 0.25) is 0 Å². The summed E-state index contributed by atoms with van der Waals surface area (Å²) in [5, 5.41) is 2.88. The zero-order valence-corrected chi connectivity index (χ0v) is 22.1. The number of nitrogens with zero attached hydrogens (tertiary/aromatic N) is 2. The number of nitrogens with one attached hydrogen (secondary N) is 1. The van der Waals surface area contributed by atoms with Gasteiger partial charge in [-0.15, -0.1) is 0 Å². The van der Waals surface area contributed by atoms with Crippen LogP contribution in [-0.4, -0.2) is 55.8 Å². The van der Waals surface area contributed by atoms with Crippen molar-refractivity contribution in [2.24, 2.45) is 0 Å². The quantitative estimate of drug-likeness (QED) is 0.432. The highest BCUT2D eigenvalue weighted by molar-refractivity contribution is 7.92. The van der Waals surface area contributed by atoms with Crippen molar-refractivity contribution in [1.29, 1.82) is 0 Å². The standard InChI is InChI=1S/C26H34FN3O5S/c1-6-18(3)28-26(33)24(7-2)29(16-20-11-13-22(27)14-12-20)25(32)17-30(36(5,34)35)23-10-8-9-21(15-23)19(4)31/h8-15,18,24H,6-7,16-17H2,1-5H3,(H,28,33). The molecule has 0 aliphatic rings. The molecule has 8 nitrogen and oxygen atoms in total. The lowest BCUT2D eigenvalue weighted by Gasteiger charge is -2.33.